The Balaban J connectivity index is 1.68. The van der Waals surface area contributed by atoms with Crippen LogP contribution in [0.2, 0.25) is 10.0 Å². The SMILES string of the molecule is CCOc1ccc(Cl)cc1/C=C1\SC(=O)N(CCOc2ccc(Cl)cc2)C1=O. The molecule has 0 aliphatic carbocycles. The van der Waals surface area contributed by atoms with Gasteiger partial charge in [0.1, 0.15) is 18.1 Å². The molecule has 1 fully saturated rings. The van der Waals surface area contributed by atoms with Gasteiger partial charge >= 0.3 is 0 Å². The van der Waals surface area contributed by atoms with Crippen LogP contribution < -0.4 is 9.47 Å². The lowest BCUT2D eigenvalue weighted by Gasteiger charge is -2.13. The molecule has 0 radical (unpaired) electrons. The molecule has 0 aromatic heterocycles. The van der Waals surface area contributed by atoms with Crippen LogP contribution in [-0.2, 0) is 4.79 Å². The molecule has 0 unspecified atom stereocenters. The molecule has 1 heterocycles. The van der Waals surface area contributed by atoms with E-state index in [-0.39, 0.29) is 24.3 Å². The summed E-state index contributed by atoms with van der Waals surface area (Å²) in [7, 11) is 0. The number of hydrogen-bond acceptors (Lipinski definition) is 5. The first kappa shape index (κ1) is 20.6. The monoisotopic (exact) mass is 437 g/mol. The molecule has 28 heavy (non-hydrogen) atoms. The van der Waals surface area contributed by atoms with Crippen molar-refractivity contribution in [3.63, 3.8) is 0 Å². The van der Waals surface area contributed by atoms with E-state index in [0.29, 0.717) is 38.6 Å². The summed E-state index contributed by atoms with van der Waals surface area (Å²) in [6, 6.07) is 12.0. The van der Waals surface area contributed by atoms with Crippen LogP contribution in [0.5, 0.6) is 11.5 Å². The Kier molecular flexibility index (Phi) is 6.88. The lowest BCUT2D eigenvalue weighted by atomic mass is 10.2. The second kappa shape index (κ2) is 9.37. The molecular weight excluding hydrogens is 421 g/mol. The van der Waals surface area contributed by atoms with Crippen LogP contribution in [0.15, 0.2) is 47.4 Å². The molecule has 1 aliphatic heterocycles. The van der Waals surface area contributed by atoms with Gasteiger partial charge in [-0.25, -0.2) is 0 Å². The first-order valence-corrected chi connectivity index (χ1v) is 10.1. The number of rotatable bonds is 7. The van der Waals surface area contributed by atoms with Gasteiger partial charge in [-0.1, -0.05) is 23.2 Å². The second-order valence-electron chi connectivity index (χ2n) is 5.75. The number of carbonyl (C=O) groups excluding carboxylic acids is 2. The van der Waals surface area contributed by atoms with Crippen LogP contribution >= 0.6 is 35.0 Å². The molecule has 0 atom stereocenters. The van der Waals surface area contributed by atoms with Crippen LogP contribution in [-0.4, -0.2) is 35.8 Å². The van der Waals surface area contributed by atoms with Gasteiger partial charge in [-0.2, -0.15) is 0 Å². The molecule has 2 amide bonds. The highest BCUT2D eigenvalue weighted by atomic mass is 35.5. The number of thioether (sulfide) groups is 1. The highest BCUT2D eigenvalue weighted by molar-refractivity contribution is 8.18. The van der Waals surface area contributed by atoms with Gasteiger partial charge in [-0.3, -0.25) is 14.5 Å². The molecule has 0 bridgehead atoms. The predicted octanol–water partition coefficient (Wildman–Crippen LogP) is 5.51. The number of imide groups is 1. The van der Waals surface area contributed by atoms with Gasteiger partial charge in [0, 0.05) is 15.6 Å². The van der Waals surface area contributed by atoms with E-state index in [4.69, 9.17) is 32.7 Å². The smallest absolute Gasteiger partial charge is 0.293 e. The molecule has 146 valence electrons. The van der Waals surface area contributed by atoms with Crippen LogP contribution in [0.3, 0.4) is 0 Å². The topological polar surface area (TPSA) is 55.8 Å². The maximum absolute atomic E-state index is 12.6. The van der Waals surface area contributed by atoms with Gasteiger partial charge in [-0.05, 0) is 67.2 Å². The minimum atomic E-state index is -0.364. The number of halogens is 2. The zero-order valence-electron chi connectivity index (χ0n) is 15.0. The summed E-state index contributed by atoms with van der Waals surface area (Å²) in [6.45, 7) is 2.69. The van der Waals surface area contributed by atoms with E-state index in [0.717, 1.165) is 16.7 Å². The van der Waals surface area contributed by atoms with E-state index in [2.05, 4.69) is 0 Å². The van der Waals surface area contributed by atoms with Crippen LogP contribution in [0, 0.1) is 0 Å². The molecular formula is C20H17Cl2NO4S. The van der Waals surface area contributed by atoms with Crippen molar-refractivity contribution in [1.82, 2.24) is 4.90 Å². The number of hydrogen-bond donors (Lipinski definition) is 0. The first-order valence-electron chi connectivity index (χ1n) is 8.54. The van der Waals surface area contributed by atoms with Gasteiger partial charge < -0.3 is 9.47 Å². The van der Waals surface area contributed by atoms with Gasteiger partial charge in [0.05, 0.1) is 18.1 Å². The third-order valence-electron chi connectivity index (χ3n) is 3.83. The summed E-state index contributed by atoms with van der Waals surface area (Å²) in [6.07, 6.45) is 1.63. The number of benzene rings is 2. The summed E-state index contributed by atoms with van der Waals surface area (Å²) in [5.41, 5.74) is 0.650. The Hall–Kier alpha value is -2.15. The molecule has 1 aliphatic rings. The Morgan fingerprint density at radius 1 is 1.04 bits per heavy atom. The van der Waals surface area contributed by atoms with Crippen LogP contribution in [0.1, 0.15) is 12.5 Å². The Morgan fingerprint density at radius 3 is 2.46 bits per heavy atom. The van der Waals surface area contributed by atoms with Crippen LogP contribution in [0.4, 0.5) is 4.79 Å². The molecule has 5 nitrogen and oxygen atoms in total. The van der Waals surface area contributed by atoms with E-state index in [1.807, 2.05) is 6.92 Å². The van der Waals surface area contributed by atoms with Crippen molar-refractivity contribution in [2.45, 2.75) is 6.92 Å². The zero-order valence-corrected chi connectivity index (χ0v) is 17.3. The molecule has 1 saturated heterocycles. The van der Waals surface area contributed by atoms with Crippen molar-refractivity contribution in [2.75, 3.05) is 19.8 Å². The minimum Gasteiger partial charge on any atom is -0.493 e. The third-order valence-corrected chi connectivity index (χ3v) is 5.22. The van der Waals surface area contributed by atoms with Crippen molar-refractivity contribution in [3.8, 4) is 11.5 Å². The van der Waals surface area contributed by atoms with Crippen molar-refractivity contribution in [3.05, 3.63) is 63.0 Å². The van der Waals surface area contributed by atoms with E-state index >= 15 is 0 Å². The van der Waals surface area contributed by atoms with Crippen molar-refractivity contribution >= 4 is 52.2 Å². The maximum Gasteiger partial charge on any atom is 0.293 e. The highest BCUT2D eigenvalue weighted by Crippen LogP contribution is 2.34. The largest absolute Gasteiger partial charge is 0.493 e. The van der Waals surface area contributed by atoms with Crippen molar-refractivity contribution in [2.24, 2.45) is 0 Å². The minimum absolute atomic E-state index is 0.151. The Bertz CT molecular complexity index is 915. The van der Waals surface area contributed by atoms with Gasteiger partial charge in [-0.15, -0.1) is 0 Å². The third kappa shape index (κ3) is 5.01. The molecule has 0 saturated carbocycles. The van der Waals surface area contributed by atoms with Gasteiger partial charge in [0.25, 0.3) is 11.1 Å². The number of ether oxygens (including phenoxy) is 2. The molecule has 2 aromatic rings. The zero-order chi connectivity index (χ0) is 20.1. The van der Waals surface area contributed by atoms with E-state index < -0.39 is 0 Å². The Morgan fingerprint density at radius 2 is 1.75 bits per heavy atom. The number of carbonyl (C=O) groups is 2. The molecule has 3 rings (SSSR count). The average Bonchev–Trinajstić information content (AvgIpc) is 2.93. The second-order valence-corrected chi connectivity index (χ2v) is 7.62. The fourth-order valence-electron chi connectivity index (χ4n) is 2.54. The number of nitrogens with zero attached hydrogens (tertiary/aromatic N) is 1. The van der Waals surface area contributed by atoms with E-state index in [1.165, 1.54) is 0 Å². The summed E-state index contributed by atoms with van der Waals surface area (Å²) in [5.74, 6) is 0.856. The summed E-state index contributed by atoms with van der Waals surface area (Å²) in [5, 5.41) is 0.789. The standard InChI is InChI=1S/C20H17Cl2NO4S/c1-2-26-17-8-5-15(22)11-13(17)12-18-19(24)23(20(25)28-18)9-10-27-16-6-3-14(21)4-7-16/h3-8,11-12H,2,9-10H2,1H3/b18-12-. The lowest BCUT2D eigenvalue weighted by molar-refractivity contribution is -0.123. The van der Waals surface area contributed by atoms with Crippen LogP contribution in [0.25, 0.3) is 6.08 Å². The summed E-state index contributed by atoms with van der Waals surface area (Å²) < 4.78 is 11.1. The normalized spacial score (nSPS) is 15.4. The summed E-state index contributed by atoms with van der Waals surface area (Å²) in [4.78, 5) is 26.4. The molecule has 2 aromatic carbocycles. The average molecular weight is 438 g/mol. The molecule has 8 heteroatoms. The quantitative estimate of drug-likeness (QED) is 0.534. The van der Waals surface area contributed by atoms with Gasteiger partial charge in [0.2, 0.25) is 0 Å². The van der Waals surface area contributed by atoms with Gasteiger partial charge in [0.15, 0.2) is 0 Å². The lowest BCUT2D eigenvalue weighted by Crippen LogP contribution is -2.32. The fraction of sp³-hybridized carbons (Fsp3) is 0.200. The highest BCUT2D eigenvalue weighted by Gasteiger charge is 2.35. The maximum atomic E-state index is 12.6. The Labute approximate surface area is 177 Å². The van der Waals surface area contributed by atoms with E-state index in [1.54, 1.807) is 48.5 Å². The number of amides is 2. The van der Waals surface area contributed by atoms with Crippen molar-refractivity contribution < 1.29 is 19.1 Å². The molecule has 0 spiro atoms. The predicted molar refractivity (Wildman–Crippen MR) is 112 cm³/mol. The summed E-state index contributed by atoms with van der Waals surface area (Å²) >= 11 is 12.8. The first-order chi connectivity index (χ1) is 13.5. The van der Waals surface area contributed by atoms with Crippen molar-refractivity contribution in [1.29, 1.82) is 0 Å². The fourth-order valence-corrected chi connectivity index (χ4v) is 3.70. The van der Waals surface area contributed by atoms with E-state index in [9.17, 15) is 9.59 Å². The molecule has 0 N–H and O–H groups in total.